The third-order valence-corrected chi connectivity index (χ3v) is 5.06. The van der Waals surface area contributed by atoms with E-state index < -0.39 is 9.05 Å². The second kappa shape index (κ2) is 6.23. The second-order valence-corrected chi connectivity index (χ2v) is 7.60. The largest absolute Gasteiger partial charge is 0.493 e. The van der Waals surface area contributed by atoms with Crippen LogP contribution in [0.1, 0.15) is 36.5 Å². The van der Waals surface area contributed by atoms with Crippen LogP contribution in [0.15, 0.2) is 23.1 Å². The lowest BCUT2D eigenvalue weighted by Gasteiger charge is -2.35. The predicted octanol–water partition coefficient (Wildman–Crippen LogP) is 2.64. The molecule has 0 saturated heterocycles. The first-order valence-corrected chi connectivity index (χ1v) is 9.14. The van der Waals surface area contributed by atoms with Gasteiger partial charge in [-0.05, 0) is 44.4 Å². The van der Waals surface area contributed by atoms with Gasteiger partial charge in [-0.1, -0.05) is 0 Å². The molecule has 1 fully saturated rings. The Morgan fingerprint density at radius 2 is 2.10 bits per heavy atom. The van der Waals surface area contributed by atoms with Gasteiger partial charge in [0.05, 0.1) is 17.1 Å². The fourth-order valence-electron chi connectivity index (χ4n) is 2.24. The molecule has 7 heteroatoms. The van der Waals surface area contributed by atoms with E-state index in [4.69, 9.17) is 15.4 Å². The molecule has 0 atom stereocenters. The molecule has 5 nitrogen and oxygen atoms in total. The minimum absolute atomic E-state index is 0.0991. The van der Waals surface area contributed by atoms with Gasteiger partial charge in [0.25, 0.3) is 15.0 Å². The molecule has 1 aromatic rings. The van der Waals surface area contributed by atoms with Gasteiger partial charge in [0.1, 0.15) is 5.75 Å². The van der Waals surface area contributed by atoms with Crippen molar-refractivity contribution in [3.8, 4) is 5.75 Å². The van der Waals surface area contributed by atoms with E-state index in [1.54, 1.807) is 18.9 Å². The minimum atomic E-state index is -3.88. The first kappa shape index (κ1) is 16.1. The van der Waals surface area contributed by atoms with Crippen LogP contribution in [0.2, 0.25) is 0 Å². The Labute approximate surface area is 129 Å². The monoisotopic (exact) mass is 331 g/mol. The van der Waals surface area contributed by atoms with Crippen molar-refractivity contribution in [1.29, 1.82) is 0 Å². The smallest absolute Gasteiger partial charge is 0.261 e. The van der Waals surface area contributed by atoms with E-state index in [-0.39, 0.29) is 22.4 Å². The fourth-order valence-corrected chi connectivity index (χ4v) is 3.02. The van der Waals surface area contributed by atoms with Gasteiger partial charge < -0.3 is 9.64 Å². The minimum Gasteiger partial charge on any atom is -0.493 e. The van der Waals surface area contributed by atoms with E-state index in [0.29, 0.717) is 12.4 Å². The maximum absolute atomic E-state index is 12.6. The zero-order valence-corrected chi connectivity index (χ0v) is 13.6. The normalized spacial score (nSPS) is 15.4. The van der Waals surface area contributed by atoms with Crippen molar-refractivity contribution >= 4 is 25.6 Å². The van der Waals surface area contributed by atoms with Crippen LogP contribution in [-0.4, -0.2) is 38.9 Å². The molecule has 21 heavy (non-hydrogen) atoms. The molecule has 0 bridgehead atoms. The Morgan fingerprint density at radius 3 is 2.57 bits per heavy atom. The van der Waals surface area contributed by atoms with Gasteiger partial charge in [-0.25, -0.2) is 8.42 Å². The summed E-state index contributed by atoms with van der Waals surface area (Å²) < 4.78 is 28.3. The number of amides is 1. The van der Waals surface area contributed by atoms with Crippen LogP contribution in [0.3, 0.4) is 0 Å². The lowest BCUT2D eigenvalue weighted by atomic mass is 9.91. The second-order valence-electron chi connectivity index (χ2n) is 5.03. The summed E-state index contributed by atoms with van der Waals surface area (Å²) in [7, 11) is 3.20. The van der Waals surface area contributed by atoms with Crippen LogP contribution in [-0.2, 0) is 9.05 Å². The standard InChI is InChI=1S/C14H18ClNO4S/c1-3-20-13-8-7-11(21(15,18)19)9-12(13)14(17)16(2)10-5-4-6-10/h7-10H,3-6H2,1-2H3. The average molecular weight is 332 g/mol. The van der Waals surface area contributed by atoms with E-state index in [9.17, 15) is 13.2 Å². The molecule has 2 rings (SSSR count). The molecule has 0 spiro atoms. The summed E-state index contributed by atoms with van der Waals surface area (Å²) in [6, 6.07) is 4.31. The summed E-state index contributed by atoms with van der Waals surface area (Å²) in [5, 5.41) is 0. The number of carbonyl (C=O) groups excluding carboxylic acids is 1. The maximum Gasteiger partial charge on any atom is 0.261 e. The van der Waals surface area contributed by atoms with E-state index in [0.717, 1.165) is 19.3 Å². The molecular weight excluding hydrogens is 314 g/mol. The van der Waals surface area contributed by atoms with Crippen molar-refractivity contribution in [1.82, 2.24) is 4.90 Å². The molecule has 0 heterocycles. The van der Waals surface area contributed by atoms with Gasteiger partial charge in [0.15, 0.2) is 0 Å². The van der Waals surface area contributed by atoms with E-state index in [2.05, 4.69) is 0 Å². The summed E-state index contributed by atoms with van der Waals surface area (Å²) >= 11 is 0. The maximum atomic E-state index is 12.6. The molecule has 1 saturated carbocycles. The summed E-state index contributed by atoms with van der Waals surface area (Å²) in [6.07, 6.45) is 3.05. The average Bonchev–Trinajstić information content (AvgIpc) is 2.35. The highest BCUT2D eigenvalue weighted by molar-refractivity contribution is 8.13. The summed E-state index contributed by atoms with van der Waals surface area (Å²) in [4.78, 5) is 14.1. The molecule has 0 N–H and O–H groups in total. The molecular formula is C14H18ClNO4S. The van der Waals surface area contributed by atoms with Crippen LogP contribution in [0.5, 0.6) is 5.75 Å². The zero-order valence-electron chi connectivity index (χ0n) is 12.0. The number of hydrogen-bond donors (Lipinski definition) is 0. The topological polar surface area (TPSA) is 63.7 Å². The lowest BCUT2D eigenvalue weighted by molar-refractivity contribution is 0.0647. The van der Waals surface area contributed by atoms with Crippen LogP contribution in [0.4, 0.5) is 0 Å². The Hall–Kier alpha value is -1.27. The number of benzene rings is 1. The number of halogens is 1. The number of carbonyl (C=O) groups is 1. The summed E-state index contributed by atoms with van der Waals surface area (Å²) in [5.41, 5.74) is 0.230. The third-order valence-electron chi connectivity index (χ3n) is 3.71. The molecule has 1 aliphatic carbocycles. The van der Waals surface area contributed by atoms with Gasteiger partial charge >= 0.3 is 0 Å². The molecule has 1 amide bonds. The van der Waals surface area contributed by atoms with Crippen molar-refractivity contribution in [2.75, 3.05) is 13.7 Å². The van der Waals surface area contributed by atoms with E-state index in [1.165, 1.54) is 18.2 Å². The fraction of sp³-hybridized carbons (Fsp3) is 0.500. The summed E-state index contributed by atoms with van der Waals surface area (Å²) in [6.45, 7) is 2.19. The molecule has 1 aliphatic rings. The Morgan fingerprint density at radius 1 is 1.43 bits per heavy atom. The van der Waals surface area contributed by atoms with E-state index >= 15 is 0 Å². The number of hydrogen-bond acceptors (Lipinski definition) is 4. The third kappa shape index (κ3) is 3.49. The first-order valence-electron chi connectivity index (χ1n) is 6.83. The highest BCUT2D eigenvalue weighted by atomic mass is 35.7. The van der Waals surface area contributed by atoms with Crippen molar-refractivity contribution in [2.45, 2.75) is 37.1 Å². The Balaban J connectivity index is 2.40. The molecule has 0 aliphatic heterocycles. The summed E-state index contributed by atoms with van der Waals surface area (Å²) in [5.74, 6) is 0.128. The van der Waals surface area contributed by atoms with Crippen LogP contribution >= 0.6 is 10.7 Å². The van der Waals surface area contributed by atoms with Crippen molar-refractivity contribution < 1.29 is 17.9 Å². The molecule has 1 aromatic carbocycles. The Kier molecular flexibility index (Phi) is 4.78. The molecule has 116 valence electrons. The lowest BCUT2D eigenvalue weighted by Crippen LogP contribution is -2.41. The van der Waals surface area contributed by atoms with Crippen LogP contribution in [0.25, 0.3) is 0 Å². The molecule has 0 unspecified atom stereocenters. The van der Waals surface area contributed by atoms with Crippen molar-refractivity contribution in [3.05, 3.63) is 23.8 Å². The van der Waals surface area contributed by atoms with Gasteiger partial charge in [-0.3, -0.25) is 4.79 Å². The highest BCUT2D eigenvalue weighted by Crippen LogP contribution is 2.29. The number of ether oxygens (including phenoxy) is 1. The van der Waals surface area contributed by atoms with Crippen LogP contribution < -0.4 is 4.74 Å². The van der Waals surface area contributed by atoms with Gasteiger partial charge in [-0.2, -0.15) is 0 Å². The SMILES string of the molecule is CCOc1ccc(S(=O)(=O)Cl)cc1C(=O)N(C)C1CCC1. The van der Waals surface area contributed by atoms with Gasteiger partial charge in [0.2, 0.25) is 0 Å². The number of rotatable bonds is 5. The van der Waals surface area contributed by atoms with Gasteiger partial charge in [0, 0.05) is 23.8 Å². The molecule has 0 aromatic heterocycles. The van der Waals surface area contributed by atoms with Crippen LogP contribution in [0, 0.1) is 0 Å². The number of nitrogens with zero attached hydrogens (tertiary/aromatic N) is 1. The van der Waals surface area contributed by atoms with Crippen molar-refractivity contribution in [2.24, 2.45) is 0 Å². The zero-order chi connectivity index (χ0) is 15.6. The van der Waals surface area contributed by atoms with E-state index in [1.807, 2.05) is 0 Å². The Bertz CT molecular complexity index is 640. The van der Waals surface area contributed by atoms with Gasteiger partial charge in [-0.15, -0.1) is 0 Å². The first-order chi connectivity index (χ1) is 9.84. The quantitative estimate of drug-likeness (QED) is 0.778. The highest BCUT2D eigenvalue weighted by Gasteiger charge is 2.28. The van der Waals surface area contributed by atoms with Crippen molar-refractivity contribution in [3.63, 3.8) is 0 Å². The molecule has 0 radical (unpaired) electrons. The predicted molar refractivity (Wildman–Crippen MR) is 80.4 cm³/mol.